The van der Waals surface area contributed by atoms with Crippen LogP contribution in [0.15, 0.2) is 97.2 Å². The Bertz CT molecular complexity index is 2190. The molecule has 0 spiro atoms. The van der Waals surface area contributed by atoms with E-state index in [2.05, 4.69) is 112 Å². The first kappa shape index (κ1) is 91.0. The average molecular weight is 1380 g/mol. The van der Waals surface area contributed by atoms with Gasteiger partial charge in [-0.3, -0.25) is 28.3 Å². The highest BCUT2D eigenvalue weighted by Crippen LogP contribution is 2.41. The van der Waals surface area contributed by atoms with E-state index < -0.39 is 97.5 Å². The highest BCUT2D eigenvalue weighted by Gasteiger charge is 2.25. The molecule has 0 radical (unpaired) electrons. The van der Waals surface area contributed by atoms with Crippen LogP contribution in [0.5, 0.6) is 0 Å². The lowest BCUT2D eigenvalue weighted by Gasteiger charge is -2.28. The van der Waals surface area contributed by atoms with Crippen LogP contribution >= 0.6 is 15.6 Å². The van der Waals surface area contributed by atoms with Gasteiger partial charge in [-0.15, -0.1) is 0 Å². The van der Waals surface area contributed by atoms with Gasteiger partial charge in [0.05, 0.1) is 26.4 Å². The van der Waals surface area contributed by atoms with Gasteiger partial charge in [0.15, 0.2) is 12.2 Å². The van der Waals surface area contributed by atoms with E-state index in [0.29, 0.717) is 25.7 Å². The molecular weight excluding hydrogens is 1250 g/mol. The summed E-state index contributed by atoms with van der Waals surface area (Å²) < 4.78 is 67.4. The van der Waals surface area contributed by atoms with E-state index >= 15 is 0 Å². The summed E-state index contributed by atoms with van der Waals surface area (Å²) in [5.41, 5.74) is 0. The average Bonchev–Trinajstić information content (AvgIpc) is 1.58. The second-order valence-electron chi connectivity index (χ2n) is 24.5. The second kappa shape index (κ2) is 68.5. The molecule has 0 aliphatic carbocycles. The van der Waals surface area contributed by atoms with Gasteiger partial charge in [-0.1, -0.05) is 227 Å². The molecule has 19 heteroatoms. The summed E-state index contributed by atoms with van der Waals surface area (Å²) in [6.07, 6.45) is 69.3. The normalized spacial score (nSPS) is 14.6. The first-order chi connectivity index (χ1) is 46.2. The molecule has 0 rings (SSSR count). The van der Waals surface area contributed by atoms with Gasteiger partial charge < -0.3 is 51.9 Å². The summed E-state index contributed by atoms with van der Waals surface area (Å²) in [7, 11) is -10.5. The van der Waals surface area contributed by atoms with Crippen molar-refractivity contribution >= 4 is 39.5 Å². The molecule has 0 saturated heterocycles. The number of hydrogen-bond donors (Lipinski definition) is 1. The molecule has 0 aliphatic heterocycles. The molecule has 5 atom stereocenters. The summed E-state index contributed by atoms with van der Waals surface area (Å²) >= 11 is 0. The van der Waals surface area contributed by atoms with Gasteiger partial charge in [0, 0.05) is 25.7 Å². The van der Waals surface area contributed by atoms with E-state index in [-0.39, 0.29) is 25.7 Å². The molecule has 0 aromatic heterocycles. The number of esters is 4. The molecule has 0 heterocycles. The summed E-state index contributed by atoms with van der Waals surface area (Å²) in [6, 6.07) is 0. The zero-order chi connectivity index (χ0) is 69.7. The third-order valence-corrected chi connectivity index (χ3v) is 17.2. The summed E-state index contributed by atoms with van der Waals surface area (Å²) in [5, 5.41) is 10.5. The number of hydrogen-bond acceptors (Lipinski definition) is 17. The fraction of sp³-hybridized carbons (Fsp3) is 0.737. The predicted octanol–water partition coefficient (Wildman–Crippen LogP) is 19.6. The smallest absolute Gasteiger partial charge is 0.306 e. The van der Waals surface area contributed by atoms with Crippen molar-refractivity contribution in [3.05, 3.63) is 97.2 Å². The first-order valence-electron chi connectivity index (χ1n) is 36.9. The third kappa shape index (κ3) is 68.3. The number of phosphoric ester groups is 2. The van der Waals surface area contributed by atoms with Gasteiger partial charge in [0.25, 0.3) is 15.6 Å². The molecular formula is C76H130O17P2-2. The number of phosphoric acid groups is 2. The van der Waals surface area contributed by atoms with Crippen molar-refractivity contribution in [1.82, 2.24) is 0 Å². The molecule has 5 unspecified atom stereocenters. The zero-order valence-electron chi connectivity index (χ0n) is 59.5. The Morgan fingerprint density at radius 1 is 0.326 bits per heavy atom. The van der Waals surface area contributed by atoms with Crippen LogP contribution in [-0.4, -0.2) is 86.9 Å². The Hall–Kier alpha value is -4.02. The van der Waals surface area contributed by atoms with Crippen LogP contribution in [0.4, 0.5) is 0 Å². The molecule has 0 aliphatic rings. The van der Waals surface area contributed by atoms with Crippen molar-refractivity contribution in [2.45, 2.75) is 322 Å². The molecule has 95 heavy (non-hydrogen) atoms. The third-order valence-electron chi connectivity index (χ3n) is 15.3. The molecule has 0 bridgehead atoms. The number of rotatable bonds is 69. The molecule has 0 saturated carbocycles. The van der Waals surface area contributed by atoms with Crippen LogP contribution in [0, 0.1) is 0 Å². The fourth-order valence-electron chi connectivity index (χ4n) is 9.62. The quantitative estimate of drug-likeness (QED) is 0.0196. The van der Waals surface area contributed by atoms with Gasteiger partial charge in [0.1, 0.15) is 19.3 Å². The summed E-state index contributed by atoms with van der Waals surface area (Å²) in [4.78, 5) is 77.3. The minimum Gasteiger partial charge on any atom is -0.756 e. The molecule has 0 amide bonds. The topological polar surface area (TPSA) is 243 Å². The van der Waals surface area contributed by atoms with Gasteiger partial charge in [0.2, 0.25) is 0 Å². The van der Waals surface area contributed by atoms with Gasteiger partial charge >= 0.3 is 23.9 Å². The Labute approximate surface area is 576 Å². The highest BCUT2D eigenvalue weighted by molar-refractivity contribution is 7.46. The standard InChI is InChI=1S/C76H132O17P2/c1-5-9-13-17-21-25-29-32-35-38-41-45-49-53-57-61-74(79)87-67-72(93-76(81)63-59-55-51-47-43-40-37-34-31-27-23-19-15-11-7-3)69-91-95(84,85)89-65-70(77)64-88-94(82,83)90-68-71(66-86-73(78)60-56-52-48-44-28-24-20-16-12-8-4)92-75(80)62-58-54-50-46-42-39-36-33-30-26-22-18-14-10-6-2/h8,12,20,24-27,29-31,35-40,70-72,77H,5-7,9-11,13-19,21-23,28,32-34,41-69H2,1-4H3,(H,82,83)(H,84,85)/p-2/b12-8-,24-20-,29-25-,30-26-,31-27-,38-35-,39-36-,40-37-. The summed E-state index contributed by atoms with van der Waals surface area (Å²) in [6.45, 7) is 4.10. The van der Waals surface area contributed by atoms with Crippen molar-refractivity contribution in [2.75, 3.05) is 39.6 Å². The van der Waals surface area contributed by atoms with Crippen LogP contribution in [0.2, 0.25) is 0 Å². The van der Waals surface area contributed by atoms with Gasteiger partial charge in [-0.2, -0.15) is 0 Å². The number of aliphatic hydroxyl groups is 1. The van der Waals surface area contributed by atoms with Crippen LogP contribution in [0.25, 0.3) is 0 Å². The molecule has 548 valence electrons. The fourth-order valence-corrected chi connectivity index (χ4v) is 11.2. The van der Waals surface area contributed by atoms with E-state index in [1.54, 1.807) is 0 Å². The van der Waals surface area contributed by atoms with Gasteiger partial charge in [-0.25, -0.2) is 0 Å². The van der Waals surface area contributed by atoms with Crippen molar-refractivity contribution in [3.8, 4) is 0 Å². The van der Waals surface area contributed by atoms with Crippen molar-refractivity contribution in [3.63, 3.8) is 0 Å². The Kier molecular flexibility index (Phi) is 65.6. The molecule has 0 aromatic carbocycles. The minimum atomic E-state index is -5.25. The van der Waals surface area contributed by atoms with Crippen LogP contribution < -0.4 is 9.79 Å². The monoisotopic (exact) mass is 1380 g/mol. The number of unbranched alkanes of at least 4 members (excludes halogenated alkanes) is 28. The highest BCUT2D eigenvalue weighted by atomic mass is 31.2. The Balaban J connectivity index is 5.38. The van der Waals surface area contributed by atoms with E-state index in [4.69, 9.17) is 37.0 Å². The van der Waals surface area contributed by atoms with Crippen molar-refractivity contribution in [2.24, 2.45) is 0 Å². The number of allylic oxidation sites excluding steroid dienone is 16. The van der Waals surface area contributed by atoms with E-state index in [0.717, 1.165) is 148 Å². The van der Waals surface area contributed by atoms with Crippen LogP contribution in [0.1, 0.15) is 304 Å². The SMILES string of the molecule is C/C=C\C/C=C\CCCCCCC(=O)OCC(COP(=O)([O-])OCC(O)COP(=O)([O-])OCC(COC(=O)CCCCCC/C=C\C/C=C\CCCCCC)OC(=O)CCCCCC/C=C\C/C=C\CCCCCC)OC(=O)CCCCCC/C=C\C/C=C\CCCCCC. The minimum absolute atomic E-state index is 0.0475. The molecule has 0 aromatic rings. The van der Waals surface area contributed by atoms with Crippen LogP contribution in [0.3, 0.4) is 0 Å². The molecule has 17 nitrogen and oxygen atoms in total. The number of aliphatic hydroxyl groups excluding tert-OH is 1. The lowest BCUT2D eigenvalue weighted by molar-refractivity contribution is -0.233. The number of carbonyl (C=O) groups excluding carboxylic acids is 4. The predicted molar refractivity (Wildman–Crippen MR) is 381 cm³/mol. The number of carbonyl (C=O) groups is 4. The second-order valence-corrected chi connectivity index (χ2v) is 27.3. The lowest BCUT2D eigenvalue weighted by atomic mass is 10.1. The van der Waals surface area contributed by atoms with Crippen molar-refractivity contribution < 1.29 is 80.2 Å². The van der Waals surface area contributed by atoms with E-state index in [1.807, 2.05) is 13.0 Å². The van der Waals surface area contributed by atoms with Crippen molar-refractivity contribution in [1.29, 1.82) is 0 Å². The maximum atomic E-state index is 13.0. The number of ether oxygens (including phenoxy) is 4. The largest absolute Gasteiger partial charge is 0.756 e. The maximum absolute atomic E-state index is 13.0. The van der Waals surface area contributed by atoms with E-state index in [1.165, 1.54) is 77.0 Å². The Morgan fingerprint density at radius 2 is 0.568 bits per heavy atom. The molecule has 1 N–H and O–H groups in total. The summed E-state index contributed by atoms with van der Waals surface area (Å²) in [5.74, 6) is -2.35. The zero-order valence-corrected chi connectivity index (χ0v) is 61.3. The lowest BCUT2D eigenvalue weighted by Crippen LogP contribution is -2.31. The van der Waals surface area contributed by atoms with E-state index in [9.17, 15) is 43.2 Å². The van der Waals surface area contributed by atoms with Gasteiger partial charge in [-0.05, 0) is 148 Å². The Morgan fingerprint density at radius 3 is 0.842 bits per heavy atom. The molecule has 0 fully saturated rings. The maximum Gasteiger partial charge on any atom is 0.306 e. The van der Waals surface area contributed by atoms with Crippen LogP contribution in [-0.2, 0) is 65.4 Å². The first-order valence-corrected chi connectivity index (χ1v) is 39.8.